The number of carbonyl (C=O) groups is 1. The van der Waals surface area contributed by atoms with Crippen LogP contribution in [0.4, 0.5) is 0 Å². The zero-order valence-electron chi connectivity index (χ0n) is 8.12. The first-order valence-electron chi connectivity index (χ1n) is 4.53. The fourth-order valence-corrected chi connectivity index (χ4v) is 1.35. The number of hydrogen-bond donors (Lipinski definition) is 1. The van der Waals surface area contributed by atoms with Gasteiger partial charge in [0.2, 0.25) is 0 Å². The van der Waals surface area contributed by atoms with E-state index in [-0.39, 0.29) is 5.92 Å². The SMILES string of the molecule is CCCC(C)C(OCCCl)C(=O)O. The average molecular weight is 209 g/mol. The molecule has 0 aromatic carbocycles. The molecule has 0 heterocycles. The quantitative estimate of drug-likeness (QED) is 0.652. The van der Waals surface area contributed by atoms with Crippen LogP contribution in [-0.4, -0.2) is 29.7 Å². The molecule has 2 atom stereocenters. The third-order valence-corrected chi connectivity index (χ3v) is 2.03. The molecule has 0 fully saturated rings. The van der Waals surface area contributed by atoms with Crippen LogP contribution in [0.25, 0.3) is 0 Å². The number of rotatable bonds is 7. The van der Waals surface area contributed by atoms with Gasteiger partial charge in [0.1, 0.15) is 0 Å². The van der Waals surface area contributed by atoms with Gasteiger partial charge in [0.05, 0.1) is 6.61 Å². The van der Waals surface area contributed by atoms with Crippen LogP contribution in [0.15, 0.2) is 0 Å². The molecule has 0 aliphatic carbocycles. The molecule has 0 bridgehead atoms. The molecule has 0 aromatic heterocycles. The zero-order chi connectivity index (χ0) is 10.3. The minimum absolute atomic E-state index is 0.0470. The summed E-state index contributed by atoms with van der Waals surface area (Å²) in [5.41, 5.74) is 0. The van der Waals surface area contributed by atoms with Crippen molar-refractivity contribution in [3.63, 3.8) is 0 Å². The average Bonchev–Trinajstić information content (AvgIpc) is 2.05. The molecule has 13 heavy (non-hydrogen) atoms. The second kappa shape index (κ2) is 7.15. The number of alkyl halides is 1. The lowest BCUT2D eigenvalue weighted by atomic mass is 9.99. The molecule has 3 nitrogen and oxygen atoms in total. The first-order valence-corrected chi connectivity index (χ1v) is 5.07. The summed E-state index contributed by atoms with van der Waals surface area (Å²) in [5, 5.41) is 8.83. The van der Waals surface area contributed by atoms with E-state index in [4.69, 9.17) is 21.4 Å². The largest absolute Gasteiger partial charge is 0.479 e. The summed E-state index contributed by atoms with van der Waals surface area (Å²) in [6.45, 7) is 4.21. The first kappa shape index (κ1) is 12.7. The van der Waals surface area contributed by atoms with Crippen molar-refractivity contribution >= 4 is 17.6 Å². The number of carboxylic acid groups (broad SMARTS) is 1. The smallest absolute Gasteiger partial charge is 0.333 e. The Hall–Kier alpha value is -0.280. The van der Waals surface area contributed by atoms with Crippen LogP contribution in [0.3, 0.4) is 0 Å². The molecule has 0 saturated heterocycles. The maximum atomic E-state index is 10.8. The van der Waals surface area contributed by atoms with Gasteiger partial charge in [0.15, 0.2) is 6.10 Å². The first-order chi connectivity index (χ1) is 6.13. The Morgan fingerprint density at radius 2 is 2.23 bits per heavy atom. The van der Waals surface area contributed by atoms with Crippen LogP contribution in [0, 0.1) is 5.92 Å². The summed E-state index contributed by atoms with van der Waals surface area (Å²) in [7, 11) is 0. The van der Waals surface area contributed by atoms with Gasteiger partial charge in [-0.3, -0.25) is 0 Å². The van der Waals surface area contributed by atoms with Gasteiger partial charge in [-0.05, 0) is 12.3 Å². The van der Waals surface area contributed by atoms with E-state index in [2.05, 4.69) is 0 Å². The number of aliphatic carboxylic acids is 1. The zero-order valence-corrected chi connectivity index (χ0v) is 8.88. The molecule has 0 amide bonds. The van der Waals surface area contributed by atoms with Crippen molar-refractivity contribution in [2.45, 2.75) is 32.8 Å². The number of ether oxygens (including phenoxy) is 1. The molecule has 1 N–H and O–H groups in total. The Bertz CT molecular complexity index is 150. The van der Waals surface area contributed by atoms with Crippen LogP contribution in [0.2, 0.25) is 0 Å². The van der Waals surface area contributed by atoms with Gasteiger partial charge in [-0.1, -0.05) is 20.3 Å². The van der Waals surface area contributed by atoms with Crippen LogP contribution < -0.4 is 0 Å². The molecule has 0 spiro atoms. The molecule has 0 saturated carbocycles. The Morgan fingerprint density at radius 1 is 1.62 bits per heavy atom. The van der Waals surface area contributed by atoms with E-state index < -0.39 is 12.1 Å². The van der Waals surface area contributed by atoms with Crippen LogP contribution in [0.5, 0.6) is 0 Å². The molecule has 0 aliphatic rings. The van der Waals surface area contributed by atoms with Crippen molar-refractivity contribution in [1.29, 1.82) is 0 Å². The summed E-state index contributed by atoms with van der Waals surface area (Å²) >= 11 is 5.41. The van der Waals surface area contributed by atoms with E-state index in [0.717, 1.165) is 12.8 Å². The summed E-state index contributed by atoms with van der Waals surface area (Å²) < 4.78 is 5.14. The fourth-order valence-electron chi connectivity index (χ4n) is 1.26. The van der Waals surface area contributed by atoms with Crippen molar-refractivity contribution in [2.75, 3.05) is 12.5 Å². The van der Waals surface area contributed by atoms with Gasteiger partial charge in [0.25, 0.3) is 0 Å². The molecular formula is C9H17ClO3. The highest BCUT2D eigenvalue weighted by atomic mass is 35.5. The van der Waals surface area contributed by atoms with Gasteiger partial charge >= 0.3 is 5.97 Å². The van der Waals surface area contributed by atoms with E-state index >= 15 is 0 Å². The van der Waals surface area contributed by atoms with Gasteiger partial charge in [0, 0.05) is 5.88 Å². The standard InChI is InChI=1S/C9H17ClO3/c1-3-4-7(2)8(9(11)12)13-6-5-10/h7-8H,3-6H2,1-2H3,(H,11,12). The van der Waals surface area contributed by atoms with E-state index in [1.807, 2.05) is 13.8 Å². The predicted octanol–water partition coefficient (Wildman–Crippen LogP) is 2.13. The Balaban J connectivity index is 3.99. The van der Waals surface area contributed by atoms with Crippen molar-refractivity contribution < 1.29 is 14.6 Å². The molecule has 2 unspecified atom stereocenters. The van der Waals surface area contributed by atoms with Crippen molar-refractivity contribution in [3.8, 4) is 0 Å². The third kappa shape index (κ3) is 5.11. The Labute approximate surface area is 84.0 Å². The second-order valence-electron chi connectivity index (χ2n) is 3.08. The Kier molecular flexibility index (Phi) is 7.00. The maximum Gasteiger partial charge on any atom is 0.333 e. The molecule has 4 heteroatoms. The van der Waals surface area contributed by atoms with Crippen LogP contribution in [-0.2, 0) is 9.53 Å². The van der Waals surface area contributed by atoms with Crippen molar-refractivity contribution in [2.24, 2.45) is 5.92 Å². The van der Waals surface area contributed by atoms with Gasteiger partial charge in [-0.2, -0.15) is 0 Å². The second-order valence-corrected chi connectivity index (χ2v) is 3.46. The van der Waals surface area contributed by atoms with Gasteiger partial charge < -0.3 is 9.84 Å². The summed E-state index contributed by atoms with van der Waals surface area (Å²) in [6.07, 6.45) is 1.12. The lowest BCUT2D eigenvalue weighted by molar-refractivity contribution is -0.153. The van der Waals surface area contributed by atoms with Crippen LogP contribution in [0.1, 0.15) is 26.7 Å². The molecule has 0 rings (SSSR count). The number of carboxylic acids is 1. The van der Waals surface area contributed by atoms with E-state index in [0.29, 0.717) is 12.5 Å². The van der Waals surface area contributed by atoms with E-state index in [1.54, 1.807) is 0 Å². The monoisotopic (exact) mass is 208 g/mol. The number of halogens is 1. The summed E-state index contributed by atoms with van der Waals surface area (Å²) in [6, 6.07) is 0. The number of hydrogen-bond acceptors (Lipinski definition) is 2. The summed E-state index contributed by atoms with van der Waals surface area (Å²) in [4.78, 5) is 10.8. The van der Waals surface area contributed by atoms with Crippen molar-refractivity contribution in [1.82, 2.24) is 0 Å². The van der Waals surface area contributed by atoms with Gasteiger partial charge in [-0.25, -0.2) is 4.79 Å². The molecular weight excluding hydrogens is 192 g/mol. The molecule has 0 aliphatic heterocycles. The highest BCUT2D eigenvalue weighted by Gasteiger charge is 2.24. The molecule has 0 radical (unpaired) electrons. The predicted molar refractivity (Wildman–Crippen MR) is 52.2 cm³/mol. The minimum atomic E-state index is -0.897. The van der Waals surface area contributed by atoms with Crippen molar-refractivity contribution in [3.05, 3.63) is 0 Å². The highest BCUT2D eigenvalue weighted by Crippen LogP contribution is 2.14. The van der Waals surface area contributed by atoms with Crippen LogP contribution >= 0.6 is 11.6 Å². The van der Waals surface area contributed by atoms with E-state index in [9.17, 15) is 4.79 Å². The maximum absolute atomic E-state index is 10.8. The lowest BCUT2D eigenvalue weighted by Crippen LogP contribution is -2.31. The fraction of sp³-hybridized carbons (Fsp3) is 0.889. The minimum Gasteiger partial charge on any atom is -0.479 e. The van der Waals surface area contributed by atoms with Gasteiger partial charge in [-0.15, -0.1) is 11.6 Å². The topological polar surface area (TPSA) is 46.5 Å². The third-order valence-electron chi connectivity index (χ3n) is 1.88. The summed E-state index contributed by atoms with van der Waals surface area (Å²) in [5.74, 6) is -0.514. The lowest BCUT2D eigenvalue weighted by Gasteiger charge is -2.19. The Morgan fingerprint density at radius 3 is 2.62 bits per heavy atom. The highest BCUT2D eigenvalue weighted by molar-refractivity contribution is 6.17. The van der Waals surface area contributed by atoms with E-state index in [1.165, 1.54) is 0 Å². The molecule has 0 aromatic rings. The normalized spacial score (nSPS) is 15.3. The molecule has 78 valence electrons.